The lowest BCUT2D eigenvalue weighted by Crippen LogP contribution is -2.07. The van der Waals surface area contributed by atoms with E-state index in [9.17, 15) is 0 Å². The van der Waals surface area contributed by atoms with Crippen molar-refractivity contribution in [1.82, 2.24) is 9.97 Å². The molecule has 1 aliphatic rings. The Bertz CT molecular complexity index is 443. The third kappa shape index (κ3) is 3.07. The van der Waals surface area contributed by atoms with E-state index in [1.54, 1.807) is 7.11 Å². The van der Waals surface area contributed by atoms with E-state index in [0.29, 0.717) is 6.61 Å². The Morgan fingerprint density at radius 3 is 2.89 bits per heavy atom. The van der Waals surface area contributed by atoms with Crippen LogP contribution in [0.15, 0.2) is 12.1 Å². The standard InChI is InChI=1S/C14H21N3O/c1-10-4-6-11(7-5-10)12-8-13(15-2)17-14(16-12)9-18-3/h6,8,10H,4-5,7,9H2,1-3H3,(H,15,16,17). The summed E-state index contributed by atoms with van der Waals surface area (Å²) < 4.78 is 5.11. The number of ether oxygens (including phenoxy) is 1. The largest absolute Gasteiger partial charge is 0.377 e. The molecule has 0 fully saturated rings. The number of anilines is 1. The Labute approximate surface area is 108 Å². The monoisotopic (exact) mass is 247 g/mol. The number of hydrogen-bond acceptors (Lipinski definition) is 4. The third-order valence-corrected chi connectivity index (χ3v) is 3.30. The summed E-state index contributed by atoms with van der Waals surface area (Å²) in [6.07, 6.45) is 5.80. The summed E-state index contributed by atoms with van der Waals surface area (Å²) in [4.78, 5) is 8.95. The second kappa shape index (κ2) is 5.96. The maximum Gasteiger partial charge on any atom is 0.157 e. The molecular weight excluding hydrogens is 226 g/mol. The van der Waals surface area contributed by atoms with Crippen molar-refractivity contribution in [3.05, 3.63) is 23.7 Å². The van der Waals surface area contributed by atoms with E-state index in [1.807, 2.05) is 13.1 Å². The maximum absolute atomic E-state index is 5.11. The molecule has 0 radical (unpaired) electrons. The summed E-state index contributed by atoms with van der Waals surface area (Å²) >= 11 is 0. The molecule has 2 rings (SSSR count). The van der Waals surface area contributed by atoms with E-state index in [2.05, 4.69) is 28.3 Å². The predicted molar refractivity (Wildman–Crippen MR) is 73.3 cm³/mol. The zero-order valence-electron chi connectivity index (χ0n) is 11.4. The Balaban J connectivity index is 2.28. The van der Waals surface area contributed by atoms with Crippen molar-refractivity contribution in [3.63, 3.8) is 0 Å². The number of hydrogen-bond donors (Lipinski definition) is 1. The minimum atomic E-state index is 0.451. The Morgan fingerprint density at radius 2 is 2.28 bits per heavy atom. The Kier molecular flexibility index (Phi) is 4.31. The van der Waals surface area contributed by atoms with E-state index in [4.69, 9.17) is 4.74 Å². The van der Waals surface area contributed by atoms with E-state index in [0.717, 1.165) is 36.1 Å². The number of aromatic nitrogens is 2. The molecule has 0 aliphatic heterocycles. The van der Waals surface area contributed by atoms with Crippen LogP contribution < -0.4 is 5.32 Å². The first-order valence-electron chi connectivity index (χ1n) is 6.47. The lowest BCUT2D eigenvalue weighted by Gasteiger charge is -2.18. The van der Waals surface area contributed by atoms with Gasteiger partial charge in [0.1, 0.15) is 12.4 Å². The molecule has 0 bridgehead atoms. The highest BCUT2D eigenvalue weighted by molar-refractivity contribution is 5.65. The van der Waals surface area contributed by atoms with Crippen LogP contribution in [0.5, 0.6) is 0 Å². The lowest BCUT2D eigenvalue weighted by molar-refractivity contribution is 0.178. The summed E-state index contributed by atoms with van der Waals surface area (Å²) in [7, 11) is 3.54. The van der Waals surface area contributed by atoms with Gasteiger partial charge >= 0.3 is 0 Å². The number of rotatable bonds is 4. The van der Waals surface area contributed by atoms with E-state index >= 15 is 0 Å². The van der Waals surface area contributed by atoms with Crippen LogP contribution in [0.1, 0.15) is 37.7 Å². The fourth-order valence-electron chi connectivity index (χ4n) is 2.18. The van der Waals surface area contributed by atoms with Crippen molar-refractivity contribution in [1.29, 1.82) is 0 Å². The molecule has 1 heterocycles. The molecule has 0 aromatic carbocycles. The van der Waals surface area contributed by atoms with Crippen LogP contribution >= 0.6 is 0 Å². The normalized spacial score (nSPS) is 19.5. The van der Waals surface area contributed by atoms with Gasteiger partial charge in [-0.1, -0.05) is 13.0 Å². The molecule has 0 saturated heterocycles. The van der Waals surface area contributed by atoms with Gasteiger partial charge in [0.05, 0.1) is 5.69 Å². The highest BCUT2D eigenvalue weighted by atomic mass is 16.5. The first kappa shape index (κ1) is 13.0. The zero-order valence-corrected chi connectivity index (χ0v) is 11.4. The molecule has 1 atom stereocenters. The SMILES string of the molecule is CNc1cc(C2=CCC(C)CC2)nc(COC)n1. The van der Waals surface area contributed by atoms with Gasteiger partial charge in [-0.25, -0.2) is 9.97 Å². The number of nitrogens with zero attached hydrogens (tertiary/aromatic N) is 2. The van der Waals surface area contributed by atoms with Gasteiger partial charge in [0, 0.05) is 20.2 Å². The molecule has 1 aromatic heterocycles. The average Bonchev–Trinajstić information content (AvgIpc) is 2.39. The molecule has 4 nitrogen and oxygen atoms in total. The van der Waals surface area contributed by atoms with Crippen LogP contribution in [0.2, 0.25) is 0 Å². The summed E-state index contributed by atoms with van der Waals surface area (Å²) in [6, 6.07) is 2.01. The average molecular weight is 247 g/mol. The van der Waals surface area contributed by atoms with Gasteiger partial charge in [0.2, 0.25) is 0 Å². The van der Waals surface area contributed by atoms with Crippen molar-refractivity contribution < 1.29 is 4.74 Å². The van der Waals surface area contributed by atoms with Crippen molar-refractivity contribution in [2.24, 2.45) is 5.92 Å². The summed E-state index contributed by atoms with van der Waals surface area (Å²) in [5.74, 6) is 2.38. The minimum Gasteiger partial charge on any atom is -0.377 e. The summed E-state index contributed by atoms with van der Waals surface area (Å²) in [5, 5.41) is 3.08. The van der Waals surface area contributed by atoms with E-state index in [-0.39, 0.29) is 0 Å². The van der Waals surface area contributed by atoms with Gasteiger partial charge < -0.3 is 10.1 Å². The molecule has 0 saturated carbocycles. The molecule has 4 heteroatoms. The van der Waals surface area contributed by atoms with Crippen molar-refractivity contribution in [2.75, 3.05) is 19.5 Å². The molecule has 1 aliphatic carbocycles. The van der Waals surface area contributed by atoms with E-state index < -0.39 is 0 Å². The molecule has 1 N–H and O–H groups in total. The molecule has 1 unspecified atom stereocenters. The van der Waals surface area contributed by atoms with Gasteiger partial charge in [0.25, 0.3) is 0 Å². The van der Waals surface area contributed by atoms with Crippen LogP contribution in [-0.4, -0.2) is 24.1 Å². The van der Waals surface area contributed by atoms with Crippen LogP contribution in [0.4, 0.5) is 5.82 Å². The topological polar surface area (TPSA) is 47.0 Å². The number of nitrogens with one attached hydrogen (secondary N) is 1. The zero-order chi connectivity index (χ0) is 13.0. The van der Waals surface area contributed by atoms with Crippen LogP contribution in [0.3, 0.4) is 0 Å². The van der Waals surface area contributed by atoms with Crippen molar-refractivity contribution in [2.45, 2.75) is 32.8 Å². The van der Waals surface area contributed by atoms with Crippen LogP contribution in [0.25, 0.3) is 5.57 Å². The van der Waals surface area contributed by atoms with Crippen molar-refractivity contribution >= 4 is 11.4 Å². The van der Waals surface area contributed by atoms with Crippen molar-refractivity contribution in [3.8, 4) is 0 Å². The third-order valence-electron chi connectivity index (χ3n) is 3.30. The molecule has 0 spiro atoms. The highest BCUT2D eigenvalue weighted by Crippen LogP contribution is 2.29. The minimum absolute atomic E-state index is 0.451. The van der Waals surface area contributed by atoms with Gasteiger partial charge in [-0.3, -0.25) is 0 Å². The molecule has 0 amide bonds. The molecule has 98 valence electrons. The fraction of sp³-hybridized carbons (Fsp3) is 0.571. The first-order chi connectivity index (χ1) is 8.72. The second-order valence-corrected chi connectivity index (χ2v) is 4.85. The van der Waals surface area contributed by atoms with Crippen LogP contribution in [0, 0.1) is 5.92 Å². The van der Waals surface area contributed by atoms with Gasteiger partial charge in [-0.05, 0) is 30.8 Å². The Morgan fingerprint density at radius 1 is 1.44 bits per heavy atom. The van der Waals surface area contributed by atoms with E-state index in [1.165, 1.54) is 12.0 Å². The predicted octanol–water partition coefficient (Wildman–Crippen LogP) is 2.87. The lowest BCUT2D eigenvalue weighted by atomic mass is 9.89. The maximum atomic E-state index is 5.11. The highest BCUT2D eigenvalue weighted by Gasteiger charge is 2.14. The first-order valence-corrected chi connectivity index (χ1v) is 6.47. The van der Waals surface area contributed by atoms with Crippen LogP contribution in [-0.2, 0) is 11.3 Å². The quantitative estimate of drug-likeness (QED) is 0.888. The van der Waals surface area contributed by atoms with Gasteiger partial charge in [-0.15, -0.1) is 0 Å². The van der Waals surface area contributed by atoms with Gasteiger partial charge in [0.15, 0.2) is 5.82 Å². The second-order valence-electron chi connectivity index (χ2n) is 4.85. The summed E-state index contributed by atoms with van der Waals surface area (Å²) in [5.41, 5.74) is 2.37. The molecule has 18 heavy (non-hydrogen) atoms. The Hall–Kier alpha value is -1.42. The smallest absolute Gasteiger partial charge is 0.157 e. The number of methoxy groups -OCH3 is 1. The molecule has 1 aromatic rings. The number of allylic oxidation sites excluding steroid dienone is 2. The van der Waals surface area contributed by atoms with Gasteiger partial charge in [-0.2, -0.15) is 0 Å². The fourth-order valence-corrected chi connectivity index (χ4v) is 2.18. The molecular formula is C14H21N3O. The summed E-state index contributed by atoms with van der Waals surface area (Å²) in [6.45, 7) is 2.74.